The van der Waals surface area contributed by atoms with Crippen LogP contribution in [0.5, 0.6) is 0 Å². The molecule has 1 aromatic heterocycles. The van der Waals surface area contributed by atoms with Gasteiger partial charge in [0.2, 0.25) is 0 Å². The van der Waals surface area contributed by atoms with Crippen LogP contribution in [0.2, 0.25) is 0 Å². The second-order valence-corrected chi connectivity index (χ2v) is 8.21. The Morgan fingerprint density at radius 2 is 2.18 bits per heavy atom. The van der Waals surface area contributed by atoms with Crippen LogP contribution in [0, 0.1) is 11.8 Å². The van der Waals surface area contributed by atoms with Gasteiger partial charge in [0.25, 0.3) is 0 Å². The molecule has 1 heterocycles. The number of carboxylic acid groups (broad SMARTS) is 1. The molecule has 5 atom stereocenters. The monoisotopic (exact) mass is 408 g/mol. The highest BCUT2D eigenvalue weighted by Crippen LogP contribution is 2.36. The normalized spacial score (nSPS) is 26.4. The summed E-state index contributed by atoms with van der Waals surface area (Å²) < 4.78 is 5.56. The van der Waals surface area contributed by atoms with Crippen molar-refractivity contribution >= 4 is 17.3 Å². The minimum atomic E-state index is -0.778. The molecule has 0 aliphatic heterocycles. The van der Waals surface area contributed by atoms with E-state index in [1.165, 1.54) is 5.56 Å². The van der Waals surface area contributed by atoms with E-state index in [9.17, 15) is 15.0 Å². The van der Waals surface area contributed by atoms with Gasteiger partial charge in [0.1, 0.15) is 0 Å². The van der Waals surface area contributed by atoms with E-state index in [2.05, 4.69) is 16.8 Å². The van der Waals surface area contributed by atoms with Gasteiger partial charge in [-0.1, -0.05) is 24.3 Å². The standard InChI is InChI=1S/C22H32O5S/c1-27-17(9-8-16-12-13-28-15-16)10-11-19-18(20(23)14-21(19)24)6-4-2-3-5-7-22(25)26/h2,4,10-13,15,17-21,23-24H,3,5-9,14H2,1H3,(H,25,26)/t17-,18+,19+,20-,21+/m0/s1. The molecule has 1 aromatic rings. The third-order valence-electron chi connectivity index (χ3n) is 5.40. The topological polar surface area (TPSA) is 87.0 Å². The second-order valence-electron chi connectivity index (χ2n) is 7.43. The Hall–Kier alpha value is -1.47. The van der Waals surface area contributed by atoms with Gasteiger partial charge in [-0.05, 0) is 60.4 Å². The SMILES string of the molecule is CO[C@H](C=C[C@@H]1[C@@H](CC=CCCCC(=O)O)[C@@H](O)C[C@H]1O)CCc1ccsc1. The number of carbonyl (C=O) groups is 1. The van der Waals surface area contributed by atoms with E-state index < -0.39 is 18.2 Å². The van der Waals surface area contributed by atoms with Crippen LogP contribution in [0.4, 0.5) is 0 Å². The molecule has 0 unspecified atom stereocenters. The van der Waals surface area contributed by atoms with Crippen LogP contribution < -0.4 is 0 Å². The average Bonchev–Trinajstić information content (AvgIpc) is 3.26. The molecular formula is C22H32O5S. The number of aliphatic hydroxyl groups excluding tert-OH is 2. The fourth-order valence-corrected chi connectivity index (χ4v) is 4.44. The summed E-state index contributed by atoms with van der Waals surface area (Å²) in [5.41, 5.74) is 1.31. The first-order valence-electron chi connectivity index (χ1n) is 9.96. The maximum absolute atomic E-state index is 10.5. The number of allylic oxidation sites excluding steroid dienone is 2. The summed E-state index contributed by atoms with van der Waals surface area (Å²) in [7, 11) is 1.69. The highest BCUT2D eigenvalue weighted by Gasteiger charge is 2.39. The molecule has 3 N–H and O–H groups in total. The van der Waals surface area contributed by atoms with Crippen molar-refractivity contribution in [3.8, 4) is 0 Å². The molecule has 0 spiro atoms. The first-order valence-corrected chi connectivity index (χ1v) is 10.9. The summed E-state index contributed by atoms with van der Waals surface area (Å²) >= 11 is 1.69. The number of thiophene rings is 1. The number of aliphatic carboxylic acids is 1. The zero-order valence-electron chi connectivity index (χ0n) is 16.4. The predicted molar refractivity (Wildman–Crippen MR) is 111 cm³/mol. The third kappa shape index (κ3) is 7.51. The number of ether oxygens (including phenoxy) is 1. The molecule has 1 saturated carbocycles. The van der Waals surface area contributed by atoms with Crippen molar-refractivity contribution in [1.29, 1.82) is 0 Å². The lowest BCUT2D eigenvalue weighted by molar-refractivity contribution is -0.137. The molecule has 1 aliphatic rings. The van der Waals surface area contributed by atoms with Crippen molar-refractivity contribution in [2.45, 2.75) is 63.3 Å². The summed E-state index contributed by atoms with van der Waals surface area (Å²) in [5, 5.41) is 33.6. The Bertz CT molecular complexity index is 625. The van der Waals surface area contributed by atoms with E-state index in [1.54, 1.807) is 18.4 Å². The maximum Gasteiger partial charge on any atom is 0.303 e. The van der Waals surface area contributed by atoms with Gasteiger partial charge >= 0.3 is 5.97 Å². The smallest absolute Gasteiger partial charge is 0.303 e. The summed E-state index contributed by atoms with van der Waals surface area (Å²) in [6.07, 6.45) is 11.3. The van der Waals surface area contributed by atoms with Crippen molar-refractivity contribution in [2.75, 3.05) is 7.11 Å². The van der Waals surface area contributed by atoms with Gasteiger partial charge in [0.15, 0.2) is 0 Å². The average molecular weight is 409 g/mol. The molecule has 0 bridgehead atoms. The van der Waals surface area contributed by atoms with Crippen LogP contribution in [0.25, 0.3) is 0 Å². The molecular weight excluding hydrogens is 376 g/mol. The van der Waals surface area contributed by atoms with Crippen molar-refractivity contribution < 1.29 is 24.9 Å². The summed E-state index contributed by atoms with van der Waals surface area (Å²) in [6.45, 7) is 0. The molecule has 156 valence electrons. The molecule has 28 heavy (non-hydrogen) atoms. The van der Waals surface area contributed by atoms with Crippen LogP contribution in [-0.4, -0.2) is 46.7 Å². The van der Waals surface area contributed by atoms with Crippen LogP contribution in [-0.2, 0) is 16.0 Å². The zero-order valence-corrected chi connectivity index (χ0v) is 17.3. The maximum atomic E-state index is 10.5. The fraction of sp³-hybridized carbons (Fsp3) is 0.591. The number of aliphatic hydroxyl groups is 2. The van der Waals surface area contributed by atoms with Crippen molar-refractivity contribution in [3.05, 3.63) is 46.7 Å². The Labute approximate surface area is 171 Å². The van der Waals surface area contributed by atoms with Crippen LogP contribution in [0.3, 0.4) is 0 Å². The number of methoxy groups -OCH3 is 1. The number of hydrogen-bond donors (Lipinski definition) is 3. The molecule has 0 aromatic carbocycles. The Morgan fingerprint density at radius 3 is 2.86 bits per heavy atom. The lowest BCUT2D eigenvalue weighted by Crippen LogP contribution is -2.20. The quantitative estimate of drug-likeness (QED) is 0.362. The third-order valence-corrected chi connectivity index (χ3v) is 6.13. The van der Waals surface area contributed by atoms with Gasteiger partial charge in [-0.25, -0.2) is 0 Å². The van der Waals surface area contributed by atoms with Gasteiger partial charge in [0, 0.05) is 25.9 Å². The minimum absolute atomic E-state index is 0.0166. The van der Waals surface area contributed by atoms with E-state index >= 15 is 0 Å². The minimum Gasteiger partial charge on any atom is -0.481 e. The van der Waals surface area contributed by atoms with Crippen molar-refractivity contribution in [3.63, 3.8) is 0 Å². The van der Waals surface area contributed by atoms with Crippen molar-refractivity contribution in [2.24, 2.45) is 11.8 Å². The van der Waals surface area contributed by atoms with Gasteiger partial charge in [0.05, 0.1) is 18.3 Å². The van der Waals surface area contributed by atoms with Gasteiger partial charge in [-0.3, -0.25) is 4.79 Å². The Balaban J connectivity index is 1.85. The van der Waals surface area contributed by atoms with E-state index in [0.717, 1.165) is 12.8 Å². The van der Waals surface area contributed by atoms with Gasteiger partial charge < -0.3 is 20.1 Å². The summed E-state index contributed by atoms with van der Waals surface area (Å²) in [6, 6.07) is 2.12. The van der Waals surface area contributed by atoms with E-state index in [0.29, 0.717) is 25.7 Å². The molecule has 6 heteroatoms. The number of rotatable bonds is 12. The second kappa shape index (κ2) is 12.2. The number of hydrogen-bond acceptors (Lipinski definition) is 5. The molecule has 1 aliphatic carbocycles. The Kier molecular flexibility index (Phi) is 9.92. The van der Waals surface area contributed by atoms with E-state index in [1.807, 2.05) is 24.3 Å². The van der Waals surface area contributed by atoms with E-state index in [4.69, 9.17) is 9.84 Å². The molecule has 0 radical (unpaired) electrons. The highest BCUT2D eigenvalue weighted by atomic mass is 32.1. The molecule has 1 fully saturated rings. The van der Waals surface area contributed by atoms with Crippen LogP contribution in [0.1, 0.15) is 44.1 Å². The highest BCUT2D eigenvalue weighted by molar-refractivity contribution is 7.07. The van der Waals surface area contributed by atoms with Gasteiger partial charge in [-0.15, -0.1) is 0 Å². The lowest BCUT2D eigenvalue weighted by Gasteiger charge is -2.20. The molecule has 0 saturated heterocycles. The first kappa shape index (κ1) is 22.8. The van der Waals surface area contributed by atoms with Gasteiger partial charge in [-0.2, -0.15) is 11.3 Å². The van der Waals surface area contributed by atoms with E-state index in [-0.39, 0.29) is 24.4 Å². The van der Waals surface area contributed by atoms with Crippen molar-refractivity contribution in [1.82, 2.24) is 0 Å². The molecule has 5 nitrogen and oxygen atoms in total. The largest absolute Gasteiger partial charge is 0.481 e. The molecule has 2 rings (SSSR count). The number of unbranched alkanes of at least 4 members (excludes halogenated alkanes) is 1. The summed E-state index contributed by atoms with van der Waals surface area (Å²) in [4.78, 5) is 10.5. The fourth-order valence-electron chi connectivity index (χ4n) is 3.74. The van der Waals surface area contributed by atoms with Crippen LogP contribution in [0.15, 0.2) is 41.1 Å². The Morgan fingerprint density at radius 1 is 1.36 bits per heavy atom. The zero-order chi connectivity index (χ0) is 20.4. The number of aryl methyl sites for hydroxylation is 1. The molecule has 0 amide bonds. The number of carboxylic acids is 1. The lowest BCUT2D eigenvalue weighted by atomic mass is 9.89. The summed E-state index contributed by atoms with van der Waals surface area (Å²) in [5.74, 6) is -0.909. The van der Waals surface area contributed by atoms with Crippen LogP contribution >= 0.6 is 11.3 Å². The predicted octanol–water partition coefficient (Wildman–Crippen LogP) is 3.81. The first-order chi connectivity index (χ1) is 13.5.